The Morgan fingerprint density at radius 2 is 1.13 bits per heavy atom. The standard InChI is InChI=1S/C25H21O2PS.BrH/c26-25(27)24-17-16-23(29-24)18-19-28(20-10-4-1-5-11-20,21-12-6-2-7-13-21)22-14-8-3-9-15-22;/h1-17H,18-19H2;1H. The lowest BCUT2D eigenvalue weighted by Crippen LogP contribution is -3.00. The van der Waals surface area contributed by atoms with E-state index in [-0.39, 0.29) is 17.0 Å². The van der Waals surface area contributed by atoms with E-state index in [1.165, 1.54) is 27.3 Å². The molecule has 0 bridgehead atoms. The molecule has 0 aliphatic rings. The normalized spacial score (nSPS) is 10.9. The number of hydrogen-bond acceptors (Lipinski definition) is 2. The van der Waals surface area contributed by atoms with Gasteiger partial charge in [0.1, 0.15) is 28.1 Å². The average molecular weight is 497 g/mol. The molecule has 0 radical (unpaired) electrons. The average Bonchev–Trinajstić information content (AvgIpc) is 3.26. The van der Waals surface area contributed by atoms with Crippen LogP contribution in [0.5, 0.6) is 0 Å². The van der Waals surface area contributed by atoms with Gasteiger partial charge in [-0.25, -0.2) is 4.79 Å². The Balaban J connectivity index is 0.00000256. The van der Waals surface area contributed by atoms with Crippen LogP contribution in [0.4, 0.5) is 0 Å². The topological polar surface area (TPSA) is 37.3 Å². The number of carboxylic acid groups (broad SMARTS) is 1. The number of carbonyl (C=O) groups is 1. The quantitative estimate of drug-likeness (QED) is 0.397. The highest BCUT2D eigenvalue weighted by Gasteiger charge is 2.44. The minimum atomic E-state index is -1.87. The summed E-state index contributed by atoms with van der Waals surface area (Å²) in [7, 11) is -1.87. The maximum absolute atomic E-state index is 11.3. The van der Waals surface area contributed by atoms with Gasteiger partial charge >= 0.3 is 5.97 Å². The first-order valence-electron chi connectivity index (χ1n) is 9.57. The van der Waals surface area contributed by atoms with Crippen LogP contribution in [0.15, 0.2) is 103 Å². The Morgan fingerprint density at radius 3 is 1.50 bits per heavy atom. The number of halogens is 1. The smallest absolute Gasteiger partial charge is 0.345 e. The zero-order valence-electron chi connectivity index (χ0n) is 16.3. The van der Waals surface area contributed by atoms with Crippen molar-refractivity contribution in [1.82, 2.24) is 0 Å². The number of aryl methyl sites for hydroxylation is 1. The first-order chi connectivity index (χ1) is 14.2. The van der Waals surface area contributed by atoms with Crippen LogP contribution in [0.1, 0.15) is 14.5 Å². The predicted octanol–water partition coefficient (Wildman–Crippen LogP) is 1.99. The molecule has 4 rings (SSSR count). The molecule has 0 unspecified atom stereocenters. The van der Waals surface area contributed by atoms with Crippen molar-refractivity contribution in [3.63, 3.8) is 0 Å². The molecule has 4 aromatic rings. The molecule has 152 valence electrons. The highest BCUT2D eigenvalue weighted by molar-refractivity contribution is 7.95. The van der Waals surface area contributed by atoms with Crippen LogP contribution in [-0.2, 0) is 6.42 Å². The van der Waals surface area contributed by atoms with Gasteiger partial charge in [-0.15, -0.1) is 11.3 Å². The fourth-order valence-electron chi connectivity index (χ4n) is 3.79. The van der Waals surface area contributed by atoms with Crippen molar-refractivity contribution in [3.05, 3.63) is 113 Å². The van der Waals surface area contributed by atoms with Crippen LogP contribution < -0.4 is 32.9 Å². The fourth-order valence-corrected chi connectivity index (χ4v) is 9.07. The molecule has 1 aromatic heterocycles. The van der Waals surface area contributed by atoms with Gasteiger partial charge in [0.2, 0.25) is 0 Å². The summed E-state index contributed by atoms with van der Waals surface area (Å²) in [6, 6.07) is 36.0. The third-order valence-electron chi connectivity index (χ3n) is 5.16. The highest BCUT2D eigenvalue weighted by Crippen LogP contribution is 2.55. The van der Waals surface area contributed by atoms with Gasteiger partial charge in [0.25, 0.3) is 0 Å². The Morgan fingerprint density at radius 1 is 0.700 bits per heavy atom. The van der Waals surface area contributed by atoms with Crippen molar-refractivity contribution in [1.29, 1.82) is 0 Å². The van der Waals surface area contributed by atoms with E-state index in [4.69, 9.17) is 0 Å². The lowest BCUT2D eigenvalue weighted by molar-refractivity contribution is -0.0000210. The van der Waals surface area contributed by atoms with Crippen molar-refractivity contribution in [2.75, 3.05) is 6.16 Å². The van der Waals surface area contributed by atoms with Crippen molar-refractivity contribution < 1.29 is 26.9 Å². The molecule has 1 heterocycles. The molecule has 0 amide bonds. The predicted molar refractivity (Wildman–Crippen MR) is 125 cm³/mol. The zero-order chi connectivity index (χ0) is 20.1. The number of hydrogen-bond donors (Lipinski definition) is 1. The summed E-state index contributed by atoms with van der Waals surface area (Å²) in [6.07, 6.45) is 1.81. The molecule has 2 nitrogen and oxygen atoms in total. The van der Waals surface area contributed by atoms with Crippen molar-refractivity contribution in [2.24, 2.45) is 0 Å². The number of carboxylic acids is 1. The van der Waals surface area contributed by atoms with Crippen LogP contribution in [0, 0.1) is 0 Å². The van der Waals surface area contributed by atoms with Gasteiger partial charge in [-0.05, 0) is 48.5 Å². The van der Waals surface area contributed by atoms with Crippen LogP contribution >= 0.6 is 18.6 Å². The molecule has 0 atom stereocenters. The Bertz CT molecular complexity index is 985. The van der Waals surface area contributed by atoms with Crippen molar-refractivity contribution >= 4 is 40.5 Å². The van der Waals surface area contributed by atoms with Gasteiger partial charge in [0.15, 0.2) is 0 Å². The summed E-state index contributed by atoms with van der Waals surface area (Å²) >= 11 is 1.39. The van der Waals surface area contributed by atoms with Gasteiger partial charge in [-0.3, -0.25) is 0 Å². The molecular weight excluding hydrogens is 475 g/mol. The highest BCUT2D eigenvalue weighted by atomic mass is 79.9. The third-order valence-corrected chi connectivity index (χ3v) is 10.7. The van der Waals surface area contributed by atoms with Crippen LogP contribution in [0.3, 0.4) is 0 Å². The van der Waals surface area contributed by atoms with Gasteiger partial charge < -0.3 is 22.1 Å². The van der Waals surface area contributed by atoms with E-state index in [9.17, 15) is 9.90 Å². The SMILES string of the molecule is O=C(O)c1ccc(CC[P+](c2ccccc2)(c2ccccc2)c2ccccc2)s1.[Br-]. The van der Waals surface area contributed by atoms with Gasteiger partial charge in [0, 0.05) is 11.3 Å². The second-order valence-electron chi connectivity index (χ2n) is 6.86. The summed E-state index contributed by atoms with van der Waals surface area (Å²) in [5, 5.41) is 13.3. The third kappa shape index (κ3) is 4.57. The molecule has 0 aliphatic carbocycles. The van der Waals surface area contributed by atoms with E-state index in [1.807, 2.05) is 6.07 Å². The summed E-state index contributed by atoms with van der Waals surface area (Å²) < 4.78 is 0. The summed E-state index contributed by atoms with van der Waals surface area (Å²) in [6.45, 7) is 0. The maximum Gasteiger partial charge on any atom is 0.345 e. The van der Waals surface area contributed by atoms with E-state index >= 15 is 0 Å². The van der Waals surface area contributed by atoms with E-state index in [0.717, 1.165) is 17.5 Å². The summed E-state index contributed by atoms with van der Waals surface area (Å²) in [5.74, 6) is -0.850. The lowest BCUT2D eigenvalue weighted by atomic mass is 10.3. The Kier molecular flexibility index (Phi) is 7.60. The largest absolute Gasteiger partial charge is 1.00 e. The second-order valence-corrected chi connectivity index (χ2v) is 11.6. The molecule has 0 saturated heterocycles. The van der Waals surface area contributed by atoms with E-state index < -0.39 is 13.2 Å². The van der Waals surface area contributed by atoms with Crippen molar-refractivity contribution in [3.8, 4) is 0 Å². The number of thiophene rings is 1. The van der Waals surface area contributed by atoms with Crippen LogP contribution in [0.2, 0.25) is 0 Å². The summed E-state index contributed by atoms with van der Waals surface area (Å²) in [5.41, 5.74) is 0. The van der Waals surface area contributed by atoms with Gasteiger partial charge in [-0.1, -0.05) is 54.6 Å². The van der Waals surface area contributed by atoms with Crippen molar-refractivity contribution in [2.45, 2.75) is 6.42 Å². The van der Waals surface area contributed by atoms with E-state index in [1.54, 1.807) is 6.07 Å². The molecule has 3 aromatic carbocycles. The molecular formula is C25H22BrO2PS. The minimum absolute atomic E-state index is 0. The van der Waals surface area contributed by atoms with Crippen LogP contribution in [0.25, 0.3) is 0 Å². The minimum Gasteiger partial charge on any atom is -1.00 e. The Hall–Kier alpha value is -2.26. The van der Waals surface area contributed by atoms with E-state index in [2.05, 4.69) is 91.0 Å². The van der Waals surface area contributed by atoms with Gasteiger partial charge in [-0.2, -0.15) is 0 Å². The fraction of sp³-hybridized carbons (Fsp3) is 0.0800. The first-order valence-corrected chi connectivity index (χ1v) is 12.4. The molecule has 30 heavy (non-hydrogen) atoms. The monoisotopic (exact) mass is 496 g/mol. The molecule has 1 N–H and O–H groups in total. The number of aromatic carboxylic acids is 1. The zero-order valence-corrected chi connectivity index (χ0v) is 19.6. The Labute approximate surface area is 192 Å². The van der Waals surface area contributed by atoms with E-state index in [0.29, 0.717) is 4.88 Å². The summed E-state index contributed by atoms with van der Waals surface area (Å²) in [4.78, 5) is 12.8. The molecule has 0 aliphatic heterocycles. The molecule has 0 fully saturated rings. The van der Waals surface area contributed by atoms with Crippen LogP contribution in [-0.4, -0.2) is 17.2 Å². The second kappa shape index (κ2) is 10.2. The lowest BCUT2D eigenvalue weighted by Gasteiger charge is -2.27. The number of rotatable bonds is 7. The van der Waals surface area contributed by atoms with Gasteiger partial charge in [0.05, 0.1) is 6.16 Å². The molecule has 0 saturated carbocycles. The number of benzene rings is 3. The molecule has 5 heteroatoms. The molecule has 0 spiro atoms. The maximum atomic E-state index is 11.3. The first kappa shape index (κ1) is 22.4.